The van der Waals surface area contributed by atoms with Gasteiger partial charge in [-0.2, -0.15) is 0 Å². The topological polar surface area (TPSA) is 97.5 Å². The van der Waals surface area contributed by atoms with Crippen molar-refractivity contribution in [3.8, 4) is 17.0 Å². The molecule has 1 fully saturated rings. The summed E-state index contributed by atoms with van der Waals surface area (Å²) in [4.78, 5) is 17.2. The molecule has 8 heteroatoms. The first-order chi connectivity index (χ1) is 15.0. The lowest BCUT2D eigenvalue weighted by Gasteiger charge is -2.28. The third kappa shape index (κ3) is 5.24. The van der Waals surface area contributed by atoms with Gasteiger partial charge in [-0.05, 0) is 43.5 Å². The molecule has 3 aromatic rings. The molecule has 4 rings (SSSR count). The lowest BCUT2D eigenvalue weighted by Crippen LogP contribution is -2.45. The molecule has 31 heavy (non-hydrogen) atoms. The monoisotopic (exact) mass is 441 g/mol. The van der Waals surface area contributed by atoms with E-state index < -0.39 is 6.10 Å². The molecule has 0 radical (unpaired) electrons. The first-order valence-electron chi connectivity index (χ1n) is 10.3. The fourth-order valence-electron chi connectivity index (χ4n) is 3.69. The Hall–Kier alpha value is -2.90. The molecule has 162 valence electrons. The van der Waals surface area contributed by atoms with Crippen molar-refractivity contribution in [3.63, 3.8) is 0 Å². The highest BCUT2D eigenvalue weighted by atomic mass is 35.5. The molecule has 0 bridgehead atoms. The van der Waals surface area contributed by atoms with Gasteiger partial charge in [-0.15, -0.1) is 0 Å². The Morgan fingerprint density at radius 2 is 2.03 bits per heavy atom. The van der Waals surface area contributed by atoms with E-state index in [0.29, 0.717) is 39.9 Å². The van der Waals surface area contributed by atoms with Gasteiger partial charge in [0.1, 0.15) is 18.1 Å². The third-order valence-electron chi connectivity index (χ3n) is 5.35. The number of aryl methyl sites for hydroxylation is 1. The molecule has 1 saturated carbocycles. The fourth-order valence-corrected chi connectivity index (χ4v) is 3.81. The second kappa shape index (κ2) is 9.49. The SMILES string of the molecule is Cc1cc(COc2ncc(C(=O)NC3CCCC[C@H]3O)cc2-c2ccc(Cl)cc2)no1. The standard InChI is InChI=1S/C23H24ClN3O4/c1-14-10-18(27-31-14)13-30-23-19(15-6-8-17(24)9-7-15)11-16(12-25-23)22(29)26-20-4-2-3-5-21(20)28/h6-12,20-21,28H,2-5,13H2,1H3,(H,26,29)/t20?,21-/m1/s1. The van der Waals surface area contributed by atoms with E-state index >= 15 is 0 Å². The summed E-state index contributed by atoms with van der Waals surface area (Å²) in [6.07, 6.45) is 4.40. The summed E-state index contributed by atoms with van der Waals surface area (Å²) in [6, 6.07) is 10.5. The number of rotatable bonds is 6. The van der Waals surface area contributed by atoms with Gasteiger partial charge in [0.15, 0.2) is 0 Å². The molecule has 2 aromatic heterocycles. The molecule has 1 aliphatic carbocycles. The van der Waals surface area contributed by atoms with Crippen LogP contribution in [0.4, 0.5) is 0 Å². The zero-order valence-corrected chi connectivity index (χ0v) is 17.9. The highest BCUT2D eigenvalue weighted by Crippen LogP contribution is 2.31. The summed E-state index contributed by atoms with van der Waals surface area (Å²) in [5, 5.41) is 17.6. The zero-order chi connectivity index (χ0) is 21.8. The molecule has 7 nitrogen and oxygen atoms in total. The number of carbonyl (C=O) groups excluding carboxylic acids is 1. The summed E-state index contributed by atoms with van der Waals surface area (Å²) in [5.74, 6) is 0.797. The van der Waals surface area contributed by atoms with Crippen LogP contribution in [0, 0.1) is 6.92 Å². The normalized spacial score (nSPS) is 18.5. The van der Waals surface area contributed by atoms with Crippen molar-refractivity contribution < 1.29 is 19.2 Å². The van der Waals surface area contributed by atoms with Crippen LogP contribution >= 0.6 is 11.6 Å². The lowest BCUT2D eigenvalue weighted by atomic mass is 9.92. The number of hydrogen-bond donors (Lipinski definition) is 2. The Morgan fingerprint density at radius 1 is 1.26 bits per heavy atom. The second-order valence-electron chi connectivity index (χ2n) is 7.73. The van der Waals surface area contributed by atoms with Crippen LogP contribution in [-0.4, -0.2) is 33.3 Å². The Bertz CT molecular complexity index is 1050. The average Bonchev–Trinajstić information content (AvgIpc) is 3.19. The largest absolute Gasteiger partial charge is 0.471 e. The maximum absolute atomic E-state index is 12.8. The number of aliphatic hydroxyl groups is 1. The van der Waals surface area contributed by atoms with E-state index in [1.165, 1.54) is 6.20 Å². The van der Waals surface area contributed by atoms with Crippen LogP contribution in [0.25, 0.3) is 11.1 Å². The number of halogens is 1. The molecule has 2 N–H and O–H groups in total. The number of nitrogens with zero attached hydrogens (tertiary/aromatic N) is 2. The summed E-state index contributed by atoms with van der Waals surface area (Å²) in [7, 11) is 0. The van der Waals surface area contributed by atoms with Gasteiger partial charge in [0.2, 0.25) is 5.88 Å². The Labute approximate surface area is 185 Å². The van der Waals surface area contributed by atoms with Crippen molar-refractivity contribution in [2.75, 3.05) is 0 Å². The highest BCUT2D eigenvalue weighted by Gasteiger charge is 2.25. The average molecular weight is 442 g/mol. The first-order valence-corrected chi connectivity index (χ1v) is 10.7. The van der Waals surface area contributed by atoms with Crippen LogP contribution in [0.3, 0.4) is 0 Å². The smallest absolute Gasteiger partial charge is 0.253 e. The fraction of sp³-hybridized carbons (Fsp3) is 0.348. The maximum Gasteiger partial charge on any atom is 0.253 e. The second-order valence-corrected chi connectivity index (χ2v) is 8.17. The van der Waals surface area contributed by atoms with Crippen molar-refractivity contribution in [3.05, 3.63) is 64.6 Å². The zero-order valence-electron chi connectivity index (χ0n) is 17.2. The maximum atomic E-state index is 12.8. The molecular weight excluding hydrogens is 418 g/mol. The first kappa shape index (κ1) is 21.3. The van der Waals surface area contributed by atoms with Gasteiger partial charge in [-0.3, -0.25) is 4.79 Å². The van der Waals surface area contributed by atoms with Crippen LogP contribution in [-0.2, 0) is 6.61 Å². The van der Waals surface area contributed by atoms with E-state index in [0.717, 1.165) is 24.8 Å². The van der Waals surface area contributed by atoms with E-state index in [1.54, 1.807) is 24.3 Å². The molecule has 1 aromatic carbocycles. The van der Waals surface area contributed by atoms with Crippen molar-refractivity contribution in [1.82, 2.24) is 15.5 Å². The number of ether oxygens (including phenoxy) is 1. The van der Waals surface area contributed by atoms with Crippen LogP contribution in [0.5, 0.6) is 5.88 Å². The Balaban J connectivity index is 1.59. The number of aromatic nitrogens is 2. The van der Waals surface area contributed by atoms with Crippen LogP contribution in [0.1, 0.15) is 47.5 Å². The molecule has 0 aliphatic heterocycles. The number of nitrogens with one attached hydrogen (secondary N) is 1. The van der Waals surface area contributed by atoms with Crippen molar-refractivity contribution >= 4 is 17.5 Å². The predicted molar refractivity (Wildman–Crippen MR) is 116 cm³/mol. The van der Waals surface area contributed by atoms with E-state index in [2.05, 4.69) is 15.5 Å². The van der Waals surface area contributed by atoms with Crippen molar-refractivity contribution in [2.24, 2.45) is 0 Å². The van der Waals surface area contributed by atoms with E-state index in [1.807, 2.05) is 19.1 Å². The van der Waals surface area contributed by atoms with Gasteiger partial charge in [0, 0.05) is 22.8 Å². The summed E-state index contributed by atoms with van der Waals surface area (Å²) in [5.41, 5.74) is 2.52. The van der Waals surface area contributed by atoms with Crippen LogP contribution in [0.2, 0.25) is 5.02 Å². The van der Waals surface area contributed by atoms with Crippen LogP contribution in [0.15, 0.2) is 47.1 Å². The summed E-state index contributed by atoms with van der Waals surface area (Å²) < 4.78 is 11.0. The van der Waals surface area contributed by atoms with Gasteiger partial charge in [-0.25, -0.2) is 4.98 Å². The van der Waals surface area contributed by atoms with E-state index in [-0.39, 0.29) is 18.6 Å². The molecular formula is C23H24ClN3O4. The third-order valence-corrected chi connectivity index (χ3v) is 5.60. The Kier molecular flexibility index (Phi) is 6.53. The molecule has 1 unspecified atom stereocenters. The molecule has 2 atom stereocenters. The number of aliphatic hydroxyl groups excluding tert-OH is 1. The minimum Gasteiger partial charge on any atom is -0.471 e. The molecule has 1 aliphatic rings. The molecule has 1 amide bonds. The van der Waals surface area contributed by atoms with Crippen molar-refractivity contribution in [1.29, 1.82) is 0 Å². The van der Waals surface area contributed by atoms with Gasteiger partial charge < -0.3 is 19.7 Å². The molecule has 2 heterocycles. The van der Waals surface area contributed by atoms with Gasteiger partial charge >= 0.3 is 0 Å². The summed E-state index contributed by atoms with van der Waals surface area (Å²) in [6.45, 7) is 2.00. The number of hydrogen-bond acceptors (Lipinski definition) is 6. The summed E-state index contributed by atoms with van der Waals surface area (Å²) >= 11 is 6.03. The van der Waals surface area contributed by atoms with E-state index in [9.17, 15) is 9.90 Å². The minimum absolute atomic E-state index is 0.185. The molecule has 0 spiro atoms. The number of amides is 1. The minimum atomic E-state index is -0.519. The lowest BCUT2D eigenvalue weighted by molar-refractivity contribution is 0.0717. The van der Waals surface area contributed by atoms with Crippen LogP contribution < -0.4 is 10.1 Å². The predicted octanol–water partition coefficient (Wildman–Crippen LogP) is 4.31. The van der Waals surface area contributed by atoms with Gasteiger partial charge in [0.05, 0.1) is 17.7 Å². The number of carbonyl (C=O) groups is 1. The number of benzene rings is 1. The quantitative estimate of drug-likeness (QED) is 0.591. The van der Waals surface area contributed by atoms with Gasteiger partial charge in [-0.1, -0.05) is 41.7 Å². The van der Waals surface area contributed by atoms with Gasteiger partial charge in [0.25, 0.3) is 5.91 Å². The van der Waals surface area contributed by atoms with E-state index in [4.69, 9.17) is 20.9 Å². The highest BCUT2D eigenvalue weighted by molar-refractivity contribution is 6.30. The Morgan fingerprint density at radius 3 is 2.74 bits per heavy atom. The number of pyridine rings is 1. The van der Waals surface area contributed by atoms with Crippen molar-refractivity contribution in [2.45, 2.75) is 51.4 Å². The molecule has 0 saturated heterocycles.